The van der Waals surface area contributed by atoms with Crippen LogP contribution < -0.4 is 20.7 Å². The van der Waals surface area contributed by atoms with Crippen LogP contribution in [-0.4, -0.2) is 48.8 Å². The predicted octanol–water partition coefficient (Wildman–Crippen LogP) is 3.42. The summed E-state index contributed by atoms with van der Waals surface area (Å²) < 4.78 is 0. The van der Waals surface area contributed by atoms with Gasteiger partial charge in [-0.25, -0.2) is 5.01 Å². The molecule has 2 aliphatic rings. The molecule has 2 N–H and O–H groups in total. The second kappa shape index (κ2) is 10.6. The molecule has 2 heterocycles. The van der Waals surface area contributed by atoms with Gasteiger partial charge in [0, 0.05) is 62.5 Å². The lowest BCUT2D eigenvalue weighted by atomic mass is 10.1. The Kier molecular flexibility index (Phi) is 6.95. The van der Waals surface area contributed by atoms with E-state index in [0.29, 0.717) is 16.9 Å². The van der Waals surface area contributed by atoms with Crippen molar-refractivity contribution in [1.29, 1.82) is 0 Å². The zero-order valence-corrected chi connectivity index (χ0v) is 20.0. The summed E-state index contributed by atoms with van der Waals surface area (Å²) in [7, 11) is 0. The van der Waals surface area contributed by atoms with Crippen LogP contribution in [0.5, 0.6) is 0 Å². The third-order valence-corrected chi connectivity index (χ3v) is 6.55. The quantitative estimate of drug-likeness (QED) is 0.561. The molecule has 3 aromatic carbocycles. The van der Waals surface area contributed by atoms with E-state index in [9.17, 15) is 14.4 Å². The molecule has 0 aliphatic carbocycles. The summed E-state index contributed by atoms with van der Waals surface area (Å²) >= 11 is 0. The van der Waals surface area contributed by atoms with E-state index in [1.165, 1.54) is 10.6 Å². The molecule has 0 aromatic heterocycles. The van der Waals surface area contributed by atoms with Crippen LogP contribution in [-0.2, 0) is 16.1 Å². The van der Waals surface area contributed by atoms with Crippen molar-refractivity contribution in [1.82, 2.24) is 10.3 Å². The highest BCUT2D eigenvalue weighted by Crippen LogP contribution is 2.22. The molecule has 3 aromatic rings. The first-order valence-corrected chi connectivity index (χ1v) is 12.2. The first-order chi connectivity index (χ1) is 17.5. The minimum absolute atomic E-state index is 0.174. The molecule has 2 saturated heterocycles. The van der Waals surface area contributed by atoms with E-state index in [-0.39, 0.29) is 30.6 Å². The number of hydrazine groups is 1. The van der Waals surface area contributed by atoms with E-state index >= 15 is 0 Å². The SMILES string of the molecule is O=C1CCC(=O)N(c2ccc(C(=O)Nc3ccc(N4CCN(Cc5ccccc5)CC4)cc3)cc2)N1. The van der Waals surface area contributed by atoms with Gasteiger partial charge in [-0.2, -0.15) is 0 Å². The van der Waals surface area contributed by atoms with E-state index in [1.807, 2.05) is 30.3 Å². The summed E-state index contributed by atoms with van der Waals surface area (Å²) in [5.74, 6) is -0.615. The fourth-order valence-corrected chi connectivity index (χ4v) is 4.51. The van der Waals surface area contributed by atoms with E-state index in [0.717, 1.165) is 38.4 Å². The van der Waals surface area contributed by atoms with E-state index in [2.05, 4.69) is 44.8 Å². The molecule has 2 fully saturated rings. The fourth-order valence-electron chi connectivity index (χ4n) is 4.51. The maximum absolute atomic E-state index is 12.7. The standard InChI is InChI=1S/C28H29N5O3/c34-26-14-15-27(35)33(30-26)25-10-6-22(7-11-25)28(36)29-23-8-12-24(13-9-23)32-18-16-31(17-19-32)20-21-4-2-1-3-5-21/h1-13H,14-20H2,(H,29,36)(H,30,34). The largest absolute Gasteiger partial charge is 0.369 e. The Morgan fingerprint density at radius 2 is 1.44 bits per heavy atom. The Morgan fingerprint density at radius 3 is 2.14 bits per heavy atom. The predicted molar refractivity (Wildman–Crippen MR) is 140 cm³/mol. The molecule has 5 rings (SSSR count). The number of rotatable bonds is 6. The summed E-state index contributed by atoms with van der Waals surface area (Å²) in [6, 6.07) is 25.0. The van der Waals surface area contributed by atoms with E-state index in [4.69, 9.17) is 0 Å². The number of hydrogen-bond donors (Lipinski definition) is 2. The number of benzene rings is 3. The summed E-state index contributed by atoms with van der Waals surface area (Å²) in [5.41, 5.74) is 6.75. The van der Waals surface area contributed by atoms with Gasteiger partial charge >= 0.3 is 0 Å². The molecule has 0 saturated carbocycles. The van der Waals surface area contributed by atoms with Crippen LogP contribution in [0.25, 0.3) is 0 Å². The van der Waals surface area contributed by atoms with Crippen molar-refractivity contribution in [2.45, 2.75) is 19.4 Å². The monoisotopic (exact) mass is 483 g/mol. The first-order valence-electron chi connectivity index (χ1n) is 12.2. The van der Waals surface area contributed by atoms with Crippen molar-refractivity contribution in [2.24, 2.45) is 0 Å². The minimum Gasteiger partial charge on any atom is -0.369 e. The van der Waals surface area contributed by atoms with Crippen LogP contribution in [0.15, 0.2) is 78.9 Å². The lowest BCUT2D eigenvalue weighted by molar-refractivity contribution is -0.130. The summed E-state index contributed by atoms with van der Waals surface area (Å²) in [6.45, 7) is 4.92. The van der Waals surface area contributed by atoms with Crippen LogP contribution >= 0.6 is 0 Å². The Balaban J connectivity index is 1.14. The van der Waals surface area contributed by atoms with Gasteiger partial charge in [0.2, 0.25) is 11.8 Å². The molecule has 184 valence electrons. The molecule has 0 radical (unpaired) electrons. The van der Waals surface area contributed by atoms with Crippen molar-refractivity contribution in [3.63, 3.8) is 0 Å². The fraction of sp³-hybridized carbons (Fsp3) is 0.250. The van der Waals surface area contributed by atoms with Crippen LogP contribution in [0.4, 0.5) is 17.1 Å². The number of nitrogens with one attached hydrogen (secondary N) is 2. The van der Waals surface area contributed by atoms with Gasteiger partial charge in [-0.15, -0.1) is 0 Å². The molecule has 8 heteroatoms. The van der Waals surface area contributed by atoms with Crippen molar-refractivity contribution in [3.8, 4) is 0 Å². The average molecular weight is 484 g/mol. The smallest absolute Gasteiger partial charge is 0.255 e. The number of nitrogens with zero attached hydrogens (tertiary/aromatic N) is 3. The topological polar surface area (TPSA) is 85.0 Å². The zero-order chi connectivity index (χ0) is 24.9. The van der Waals surface area contributed by atoms with E-state index in [1.54, 1.807) is 24.3 Å². The molecule has 0 bridgehead atoms. The van der Waals surface area contributed by atoms with Crippen LogP contribution in [0.2, 0.25) is 0 Å². The normalized spacial score (nSPS) is 16.6. The minimum atomic E-state index is -0.238. The summed E-state index contributed by atoms with van der Waals surface area (Å²) in [6.07, 6.45) is 0.368. The Labute approximate surface area is 210 Å². The second-order valence-electron chi connectivity index (χ2n) is 9.06. The number of carbonyl (C=O) groups is 3. The molecule has 2 aliphatic heterocycles. The van der Waals surface area contributed by atoms with Gasteiger partial charge in [-0.05, 0) is 54.1 Å². The average Bonchev–Trinajstić information content (AvgIpc) is 2.92. The molecule has 3 amide bonds. The third kappa shape index (κ3) is 5.55. The highest BCUT2D eigenvalue weighted by molar-refractivity contribution is 6.05. The number of carbonyl (C=O) groups excluding carboxylic acids is 3. The van der Waals surface area contributed by atoms with Crippen molar-refractivity contribution in [2.75, 3.05) is 41.4 Å². The number of piperazine rings is 1. The summed E-state index contributed by atoms with van der Waals surface area (Å²) in [5, 5.41) is 4.15. The summed E-state index contributed by atoms with van der Waals surface area (Å²) in [4.78, 5) is 41.2. The maximum atomic E-state index is 12.7. The van der Waals surface area contributed by atoms with Crippen LogP contribution in [0.1, 0.15) is 28.8 Å². The van der Waals surface area contributed by atoms with Gasteiger partial charge < -0.3 is 10.2 Å². The first kappa shape index (κ1) is 23.6. The highest BCUT2D eigenvalue weighted by atomic mass is 16.2. The molecule has 0 spiro atoms. The Morgan fingerprint density at radius 1 is 0.778 bits per heavy atom. The Bertz CT molecular complexity index is 1220. The second-order valence-corrected chi connectivity index (χ2v) is 9.06. The lowest BCUT2D eigenvalue weighted by Gasteiger charge is -2.36. The van der Waals surface area contributed by atoms with Gasteiger partial charge in [-0.3, -0.25) is 24.7 Å². The van der Waals surface area contributed by atoms with Crippen LogP contribution in [0.3, 0.4) is 0 Å². The molecule has 36 heavy (non-hydrogen) atoms. The number of hydrogen-bond acceptors (Lipinski definition) is 5. The lowest BCUT2D eigenvalue weighted by Crippen LogP contribution is -2.50. The van der Waals surface area contributed by atoms with Gasteiger partial charge in [0.1, 0.15) is 0 Å². The molecule has 8 nitrogen and oxygen atoms in total. The molecular formula is C28H29N5O3. The Hall–Kier alpha value is -4.17. The van der Waals surface area contributed by atoms with Crippen molar-refractivity contribution >= 4 is 34.8 Å². The van der Waals surface area contributed by atoms with E-state index < -0.39 is 0 Å². The number of anilines is 3. The van der Waals surface area contributed by atoms with Crippen molar-refractivity contribution in [3.05, 3.63) is 90.0 Å². The molecule has 0 unspecified atom stereocenters. The van der Waals surface area contributed by atoms with Crippen LogP contribution in [0, 0.1) is 0 Å². The van der Waals surface area contributed by atoms with Gasteiger partial charge in [0.05, 0.1) is 5.69 Å². The highest BCUT2D eigenvalue weighted by Gasteiger charge is 2.24. The van der Waals surface area contributed by atoms with Crippen molar-refractivity contribution < 1.29 is 14.4 Å². The van der Waals surface area contributed by atoms with Gasteiger partial charge in [-0.1, -0.05) is 30.3 Å². The molecular weight excluding hydrogens is 454 g/mol. The third-order valence-electron chi connectivity index (χ3n) is 6.55. The zero-order valence-electron chi connectivity index (χ0n) is 20.0. The number of amides is 3. The van der Waals surface area contributed by atoms with Gasteiger partial charge in [0.15, 0.2) is 0 Å². The molecule has 0 atom stereocenters. The maximum Gasteiger partial charge on any atom is 0.255 e. The van der Waals surface area contributed by atoms with Gasteiger partial charge in [0.25, 0.3) is 5.91 Å².